The van der Waals surface area contributed by atoms with Gasteiger partial charge in [-0.05, 0) is 60.2 Å². The first-order valence-electron chi connectivity index (χ1n) is 6.14. The Bertz CT molecular complexity index is 384. The predicted octanol–water partition coefficient (Wildman–Crippen LogP) is 3.01. The summed E-state index contributed by atoms with van der Waals surface area (Å²) in [5, 5.41) is 3.54. The fraction of sp³-hybridized carbons (Fsp3) is 0.538. The highest BCUT2D eigenvalue weighted by Crippen LogP contribution is 2.24. The van der Waals surface area contributed by atoms with Crippen molar-refractivity contribution >= 4 is 28.3 Å². The van der Waals surface area contributed by atoms with E-state index in [0.717, 1.165) is 41.7 Å². The zero-order valence-electron chi connectivity index (χ0n) is 10.0. The average molecular weight is 348 g/mol. The highest BCUT2D eigenvalue weighted by atomic mass is 127. The lowest BCUT2D eigenvalue weighted by molar-refractivity contribution is 0.528. The standard InChI is InChI=1S/C13H18FIN2/c1-2-11-9-17(7-3-6-16-11)13-5-4-10(14)8-12(13)15/h4-5,8,11,16H,2-3,6-7,9H2,1H3. The zero-order valence-corrected chi connectivity index (χ0v) is 12.2. The van der Waals surface area contributed by atoms with Crippen LogP contribution in [-0.2, 0) is 0 Å². The minimum absolute atomic E-state index is 0.155. The number of benzene rings is 1. The quantitative estimate of drug-likeness (QED) is 0.827. The van der Waals surface area contributed by atoms with Crippen molar-refractivity contribution in [2.75, 3.05) is 24.5 Å². The van der Waals surface area contributed by atoms with Gasteiger partial charge in [-0.1, -0.05) is 6.92 Å². The third-order valence-corrected chi connectivity index (χ3v) is 4.09. The molecule has 1 unspecified atom stereocenters. The van der Waals surface area contributed by atoms with E-state index in [2.05, 4.69) is 39.7 Å². The van der Waals surface area contributed by atoms with Gasteiger partial charge in [-0.15, -0.1) is 0 Å². The lowest BCUT2D eigenvalue weighted by Crippen LogP contribution is -2.37. The third kappa shape index (κ3) is 3.31. The van der Waals surface area contributed by atoms with Crippen LogP contribution in [-0.4, -0.2) is 25.7 Å². The molecule has 0 amide bonds. The van der Waals surface area contributed by atoms with Crippen LogP contribution in [0, 0.1) is 9.39 Å². The van der Waals surface area contributed by atoms with Crippen molar-refractivity contribution < 1.29 is 4.39 Å². The van der Waals surface area contributed by atoms with E-state index < -0.39 is 0 Å². The fourth-order valence-corrected chi connectivity index (χ4v) is 3.05. The van der Waals surface area contributed by atoms with Crippen LogP contribution in [0.25, 0.3) is 0 Å². The Morgan fingerprint density at radius 2 is 2.35 bits per heavy atom. The topological polar surface area (TPSA) is 15.3 Å². The number of hydrogen-bond acceptors (Lipinski definition) is 2. The van der Waals surface area contributed by atoms with E-state index in [-0.39, 0.29) is 5.82 Å². The minimum atomic E-state index is -0.155. The van der Waals surface area contributed by atoms with E-state index in [1.807, 2.05) is 6.07 Å². The molecule has 1 aliphatic rings. The molecule has 1 aromatic carbocycles. The van der Waals surface area contributed by atoms with E-state index >= 15 is 0 Å². The molecule has 2 rings (SSSR count). The summed E-state index contributed by atoms with van der Waals surface area (Å²) in [7, 11) is 0. The number of hydrogen-bond donors (Lipinski definition) is 1. The number of nitrogens with one attached hydrogen (secondary N) is 1. The normalized spacial score (nSPS) is 21.4. The molecule has 0 radical (unpaired) electrons. The van der Waals surface area contributed by atoms with Gasteiger partial charge in [-0.3, -0.25) is 0 Å². The van der Waals surface area contributed by atoms with Crippen molar-refractivity contribution in [2.45, 2.75) is 25.8 Å². The van der Waals surface area contributed by atoms with E-state index in [9.17, 15) is 4.39 Å². The maximum Gasteiger partial charge on any atom is 0.124 e. The van der Waals surface area contributed by atoms with E-state index in [1.54, 1.807) is 12.1 Å². The summed E-state index contributed by atoms with van der Waals surface area (Å²) in [6.07, 6.45) is 2.28. The first kappa shape index (κ1) is 13.1. The molecule has 17 heavy (non-hydrogen) atoms. The van der Waals surface area contributed by atoms with Gasteiger partial charge in [0.15, 0.2) is 0 Å². The largest absolute Gasteiger partial charge is 0.369 e. The molecule has 1 aliphatic heterocycles. The van der Waals surface area contributed by atoms with Crippen LogP contribution in [0.1, 0.15) is 19.8 Å². The van der Waals surface area contributed by atoms with Crippen LogP contribution >= 0.6 is 22.6 Å². The summed E-state index contributed by atoms with van der Waals surface area (Å²) in [6, 6.07) is 5.60. The molecule has 1 heterocycles. The lowest BCUT2D eigenvalue weighted by Gasteiger charge is -2.27. The first-order valence-corrected chi connectivity index (χ1v) is 7.22. The monoisotopic (exact) mass is 348 g/mol. The highest BCUT2D eigenvalue weighted by molar-refractivity contribution is 14.1. The minimum Gasteiger partial charge on any atom is -0.369 e. The van der Waals surface area contributed by atoms with E-state index in [0.29, 0.717) is 6.04 Å². The molecule has 1 N–H and O–H groups in total. The lowest BCUT2D eigenvalue weighted by atomic mass is 10.2. The Labute approximate surface area is 116 Å². The maximum absolute atomic E-state index is 13.1. The van der Waals surface area contributed by atoms with E-state index in [1.165, 1.54) is 0 Å². The number of rotatable bonds is 2. The fourth-order valence-electron chi connectivity index (χ4n) is 2.23. The van der Waals surface area contributed by atoms with Gasteiger partial charge < -0.3 is 10.2 Å². The van der Waals surface area contributed by atoms with Crippen LogP contribution in [0.2, 0.25) is 0 Å². The summed E-state index contributed by atoms with van der Waals surface area (Å²) in [5.41, 5.74) is 1.16. The van der Waals surface area contributed by atoms with Gasteiger partial charge in [0.1, 0.15) is 5.82 Å². The molecule has 0 spiro atoms. The van der Waals surface area contributed by atoms with Crippen molar-refractivity contribution in [3.63, 3.8) is 0 Å². The van der Waals surface area contributed by atoms with Gasteiger partial charge in [-0.2, -0.15) is 0 Å². The second kappa shape index (κ2) is 6.00. The molecule has 1 atom stereocenters. The summed E-state index contributed by atoms with van der Waals surface area (Å²) >= 11 is 2.22. The molecular weight excluding hydrogens is 330 g/mol. The van der Waals surface area contributed by atoms with Crippen LogP contribution in [0.15, 0.2) is 18.2 Å². The number of anilines is 1. The van der Waals surface area contributed by atoms with Crippen LogP contribution < -0.4 is 10.2 Å². The van der Waals surface area contributed by atoms with Gasteiger partial charge >= 0.3 is 0 Å². The zero-order chi connectivity index (χ0) is 12.3. The van der Waals surface area contributed by atoms with Gasteiger partial charge in [-0.25, -0.2) is 4.39 Å². The second-order valence-corrected chi connectivity index (χ2v) is 5.62. The van der Waals surface area contributed by atoms with Crippen molar-refractivity contribution in [2.24, 2.45) is 0 Å². The van der Waals surface area contributed by atoms with E-state index in [4.69, 9.17) is 0 Å². The first-order chi connectivity index (χ1) is 8.20. The summed E-state index contributed by atoms with van der Waals surface area (Å²) in [5.74, 6) is -0.155. The Kier molecular flexibility index (Phi) is 4.62. The summed E-state index contributed by atoms with van der Waals surface area (Å²) in [4.78, 5) is 2.37. The van der Waals surface area contributed by atoms with Crippen molar-refractivity contribution in [1.29, 1.82) is 0 Å². The molecule has 4 heteroatoms. The summed E-state index contributed by atoms with van der Waals surface area (Å²) in [6.45, 7) is 5.34. The van der Waals surface area contributed by atoms with Gasteiger partial charge in [0, 0.05) is 22.7 Å². The van der Waals surface area contributed by atoms with Gasteiger partial charge in [0.25, 0.3) is 0 Å². The molecule has 0 aromatic heterocycles. The molecule has 94 valence electrons. The summed E-state index contributed by atoms with van der Waals surface area (Å²) < 4.78 is 14.1. The Hall–Kier alpha value is -0.360. The Balaban J connectivity index is 2.19. The SMILES string of the molecule is CCC1CN(c2ccc(F)cc2I)CCCN1. The van der Waals surface area contributed by atoms with Crippen molar-refractivity contribution in [3.05, 3.63) is 27.6 Å². The number of nitrogens with zero attached hydrogens (tertiary/aromatic N) is 1. The van der Waals surface area contributed by atoms with Gasteiger partial charge in [0.05, 0.1) is 5.69 Å². The number of halogens is 2. The highest BCUT2D eigenvalue weighted by Gasteiger charge is 2.18. The molecule has 1 saturated heterocycles. The molecule has 0 saturated carbocycles. The Morgan fingerprint density at radius 3 is 3.06 bits per heavy atom. The average Bonchev–Trinajstić information content (AvgIpc) is 2.54. The predicted molar refractivity (Wildman–Crippen MR) is 78.0 cm³/mol. The van der Waals surface area contributed by atoms with Crippen LogP contribution in [0.3, 0.4) is 0 Å². The van der Waals surface area contributed by atoms with Crippen LogP contribution in [0.5, 0.6) is 0 Å². The molecule has 2 nitrogen and oxygen atoms in total. The second-order valence-electron chi connectivity index (χ2n) is 4.45. The molecular formula is C13H18FIN2. The molecule has 1 aromatic rings. The molecule has 0 aliphatic carbocycles. The smallest absolute Gasteiger partial charge is 0.124 e. The molecule has 1 fully saturated rings. The van der Waals surface area contributed by atoms with Crippen molar-refractivity contribution in [3.8, 4) is 0 Å². The Morgan fingerprint density at radius 1 is 1.53 bits per heavy atom. The van der Waals surface area contributed by atoms with Crippen LogP contribution in [0.4, 0.5) is 10.1 Å². The molecule has 0 bridgehead atoms. The maximum atomic E-state index is 13.1. The van der Waals surface area contributed by atoms with Gasteiger partial charge in [0.2, 0.25) is 0 Å². The van der Waals surface area contributed by atoms with Crippen molar-refractivity contribution in [1.82, 2.24) is 5.32 Å². The third-order valence-electron chi connectivity index (χ3n) is 3.22.